The van der Waals surface area contributed by atoms with Gasteiger partial charge in [0.2, 0.25) is 0 Å². The molecule has 2 nitrogen and oxygen atoms in total. The minimum Gasteiger partial charge on any atom is -0.267 e. The Kier molecular flexibility index (Phi) is 3.73. The third-order valence-corrected chi connectivity index (χ3v) is 9.15. The van der Waals surface area contributed by atoms with E-state index < -0.39 is 27.1 Å². The lowest BCUT2D eigenvalue weighted by atomic mass is 9.85. The zero-order valence-electron chi connectivity index (χ0n) is 14.2. The van der Waals surface area contributed by atoms with Crippen molar-refractivity contribution < 1.29 is 8.42 Å². The number of rotatable bonds is 2. The highest BCUT2D eigenvalue weighted by molar-refractivity contribution is 8.38. The van der Waals surface area contributed by atoms with E-state index in [2.05, 4.69) is 0 Å². The second kappa shape index (κ2) is 4.94. The molecule has 0 unspecified atom stereocenters. The Labute approximate surface area is 152 Å². The molecule has 132 valence electrons. The molecule has 0 N–H and O–H groups in total. The zero-order valence-corrected chi connectivity index (χ0v) is 17.3. The molecule has 2 aromatic rings. The van der Waals surface area contributed by atoms with Gasteiger partial charge in [-0.25, -0.2) is 0 Å². The van der Waals surface area contributed by atoms with E-state index in [9.17, 15) is 8.42 Å². The van der Waals surface area contributed by atoms with Crippen LogP contribution in [-0.2, 0) is 16.6 Å². The van der Waals surface area contributed by atoms with Crippen LogP contribution < -0.4 is 0 Å². The molecule has 0 fully saturated rings. The Morgan fingerprint density at radius 3 is 1.00 bits per heavy atom. The standard InChI is InChI=1S/C18H22Cl2O2S2/c1-23(2,19,21)17-13-9-5-7-11-15(13)18(24(3,4,20)22)16-12-8-6-10-14(16)17/h5-12,17-18H,1-4H3. The van der Waals surface area contributed by atoms with Gasteiger partial charge in [-0.15, -0.1) is 0 Å². The van der Waals surface area contributed by atoms with Crippen LogP contribution in [0.1, 0.15) is 32.8 Å². The summed E-state index contributed by atoms with van der Waals surface area (Å²) in [5, 5.41) is -0.919. The predicted molar refractivity (Wildman–Crippen MR) is 108 cm³/mol. The molecule has 1 aliphatic carbocycles. The zero-order chi connectivity index (χ0) is 18.0. The second-order valence-electron chi connectivity index (χ2n) is 7.56. The Hall–Kier alpha value is -0.680. The second-order valence-corrected chi connectivity index (χ2v) is 21.1. The minimum atomic E-state index is -3.49. The lowest BCUT2D eigenvalue weighted by Crippen LogP contribution is -2.39. The van der Waals surface area contributed by atoms with Crippen LogP contribution in [-0.4, -0.2) is 33.4 Å². The summed E-state index contributed by atoms with van der Waals surface area (Å²) in [5.74, 6) is 0. The summed E-state index contributed by atoms with van der Waals surface area (Å²) in [6.07, 6.45) is 6.41. The van der Waals surface area contributed by atoms with E-state index in [4.69, 9.17) is 21.4 Å². The van der Waals surface area contributed by atoms with Crippen LogP contribution in [0.15, 0.2) is 48.5 Å². The topological polar surface area (TPSA) is 34.1 Å². The Balaban J connectivity index is 2.46. The van der Waals surface area contributed by atoms with E-state index in [1.165, 1.54) is 0 Å². The summed E-state index contributed by atoms with van der Waals surface area (Å²) in [4.78, 5) is 0. The third kappa shape index (κ3) is 3.10. The normalized spacial score (nSPS) is 23.9. The summed E-state index contributed by atoms with van der Waals surface area (Å²) in [5.41, 5.74) is 3.39. The van der Waals surface area contributed by atoms with Crippen molar-refractivity contribution in [2.75, 3.05) is 25.0 Å². The van der Waals surface area contributed by atoms with Crippen molar-refractivity contribution in [3.05, 3.63) is 70.8 Å². The lowest BCUT2D eigenvalue weighted by molar-refractivity contribution is 0.660. The summed E-state index contributed by atoms with van der Waals surface area (Å²) < 4.78 is 26.7. The number of fused-ring (bicyclic) bond motifs is 2. The van der Waals surface area contributed by atoms with Crippen molar-refractivity contribution >= 4 is 37.9 Å². The van der Waals surface area contributed by atoms with Gasteiger partial charge in [0, 0.05) is 25.0 Å². The fourth-order valence-corrected chi connectivity index (χ4v) is 8.57. The number of benzene rings is 2. The van der Waals surface area contributed by atoms with Crippen LogP contribution in [0.25, 0.3) is 0 Å². The SMILES string of the molecule is CS(C)(=O)(Cl)C1c2ccccc2C(S(C)(C)(=O)Cl)c2ccccc21. The van der Waals surface area contributed by atoms with Gasteiger partial charge in [0.05, 0.1) is 10.5 Å². The highest BCUT2D eigenvalue weighted by Gasteiger charge is 2.48. The third-order valence-electron chi connectivity index (χ3n) is 4.44. The molecule has 6 heteroatoms. The highest BCUT2D eigenvalue weighted by atomic mass is 35.7. The molecule has 3 rings (SSSR count). The van der Waals surface area contributed by atoms with Crippen LogP contribution >= 0.6 is 21.4 Å². The average Bonchev–Trinajstić information content (AvgIpc) is 2.39. The van der Waals surface area contributed by atoms with Gasteiger partial charge in [-0.1, -0.05) is 48.5 Å². The summed E-state index contributed by atoms with van der Waals surface area (Å²) in [6, 6.07) is 15.2. The van der Waals surface area contributed by atoms with Crippen LogP contribution in [0, 0.1) is 0 Å². The first-order valence-electron chi connectivity index (χ1n) is 7.56. The van der Waals surface area contributed by atoms with Gasteiger partial charge in [-0.3, -0.25) is 8.42 Å². The van der Waals surface area contributed by atoms with Crippen LogP contribution in [0.4, 0.5) is 0 Å². The van der Waals surface area contributed by atoms with Crippen molar-refractivity contribution in [2.45, 2.75) is 10.5 Å². The summed E-state index contributed by atoms with van der Waals surface area (Å²) in [6.45, 7) is 0. The average molecular weight is 405 g/mol. The van der Waals surface area contributed by atoms with E-state index in [1.807, 2.05) is 48.5 Å². The largest absolute Gasteiger partial charge is 0.267 e. The Bertz CT molecular complexity index is 821. The fourth-order valence-electron chi connectivity index (χ4n) is 3.73. The van der Waals surface area contributed by atoms with Crippen LogP contribution in [0.3, 0.4) is 0 Å². The Morgan fingerprint density at radius 2 is 0.833 bits per heavy atom. The van der Waals surface area contributed by atoms with Crippen molar-refractivity contribution in [3.63, 3.8) is 0 Å². The van der Waals surface area contributed by atoms with Gasteiger partial charge in [0.1, 0.15) is 0 Å². The molecular weight excluding hydrogens is 383 g/mol. The maximum absolute atomic E-state index is 13.4. The molecule has 0 saturated heterocycles. The first-order valence-corrected chi connectivity index (χ1v) is 14.9. The van der Waals surface area contributed by atoms with Gasteiger partial charge in [-0.2, -0.15) is 0 Å². The maximum Gasteiger partial charge on any atom is 0.0773 e. The molecule has 0 aliphatic heterocycles. The van der Waals surface area contributed by atoms with Crippen molar-refractivity contribution in [2.24, 2.45) is 0 Å². The summed E-state index contributed by atoms with van der Waals surface area (Å²) >= 11 is 0. The number of hydrogen-bond donors (Lipinski definition) is 0. The van der Waals surface area contributed by atoms with Gasteiger partial charge in [0.15, 0.2) is 0 Å². The molecule has 0 spiro atoms. The summed E-state index contributed by atoms with van der Waals surface area (Å²) in [7, 11) is 6.16. The number of halogens is 2. The van der Waals surface area contributed by atoms with Crippen molar-refractivity contribution in [1.82, 2.24) is 0 Å². The smallest absolute Gasteiger partial charge is 0.0773 e. The molecule has 0 bridgehead atoms. The molecule has 0 atom stereocenters. The predicted octanol–water partition coefficient (Wildman–Crippen LogP) is 4.65. The molecule has 2 aromatic carbocycles. The van der Waals surface area contributed by atoms with E-state index in [-0.39, 0.29) is 0 Å². The molecule has 1 aliphatic rings. The molecule has 0 saturated carbocycles. The number of hydrogen-bond acceptors (Lipinski definition) is 2. The van der Waals surface area contributed by atoms with E-state index in [1.54, 1.807) is 25.0 Å². The van der Waals surface area contributed by atoms with Gasteiger partial charge >= 0.3 is 0 Å². The van der Waals surface area contributed by atoms with Crippen LogP contribution in [0.5, 0.6) is 0 Å². The van der Waals surface area contributed by atoms with Crippen LogP contribution in [0.2, 0.25) is 0 Å². The van der Waals surface area contributed by atoms with Gasteiger partial charge in [0.25, 0.3) is 0 Å². The maximum atomic E-state index is 13.4. The first-order chi connectivity index (χ1) is 10.7. The van der Waals surface area contributed by atoms with Crippen molar-refractivity contribution in [3.8, 4) is 0 Å². The van der Waals surface area contributed by atoms with E-state index in [0.717, 1.165) is 22.3 Å². The monoisotopic (exact) mass is 404 g/mol. The Morgan fingerprint density at radius 1 is 0.625 bits per heavy atom. The molecule has 24 heavy (non-hydrogen) atoms. The first kappa shape index (κ1) is 18.1. The fraction of sp³-hybridized carbons (Fsp3) is 0.333. The van der Waals surface area contributed by atoms with E-state index in [0.29, 0.717) is 0 Å². The molecular formula is C18H22Cl2O2S2. The molecule has 0 radical (unpaired) electrons. The van der Waals surface area contributed by atoms with Gasteiger partial charge < -0.3 is 0 Å². The lowest BCUT2D eigenvalue weighted by Gasteiger charge is -2.47. The molecule has 0 amide bonds. The quantitative estimate of drug-likeness (QED) is 0.682. The minimum absolute atomic E-state index is 0.460. The molecule has 0 aromatic heterocycles. The van der Waals surface area contributed by atoms with Crippen molar-refractivity contribution in [1.29, 1.82) is 0 Å². The molecule has 0 heterocycles. The highest BCUT2D eigenvalue weighted by Crippen LogP contribution is 2.58. The van der Waals surface area contributed by atoms with E-state index >= 15 is 0 Å². The van der Waals surface area contributed by atoms with Gasteiger partial charge in [-0.05, 0) is 60.2 Å².